The van der Waals surface area contributed by atoms with Crippen LogP contribution in [0.1, 0.15) is 13.8 Å². The molecule has 32 heavy (non-hydrogen) atoms. The van der Waals surface area contributed by atoms with E-state index in [4.69, 9.17) is 23.2 Å². The molecular weight excluding hydrogens is 486 g/mol. The summed E-state index contributed by atoms with van der Waals surface area (Å²) in [6, 6.07) is 10.4. The van der Waals surface area contributed by atoms with Gasteiger partial charge in [-0.05, 0) is 50.2 Å². The molecule has 3 rings (SSSR count). The summed E-state index contributed by atoms with van der Waals surface area (Å²) >= 11 is 13.4. The van der Waals surface area contributed by atoms with E-state index in [1.165, 1.54) is 36.0 Å². The third-order valence-electron chi connectivity index (χ3n) is 4.06. The maximum absolute atomic E-state index is 12.5. The van der Waals surface area contributed by atoms with Gasteiger partial charge in [0, 0.05) is 17.3 Å². The molecule has 0 aliphatic rings. The van der Waals surface area contributed by atoms with Crippen molar-refractivity contribution in [1.82, 2.24) is 14.9 Å². The number of alkyl halides is 3. The highest BCUT2D eigenvalue weighted by molar-refractivity contribution is 7.99. The first-order chi connectivity index (χ1) is 15.0. The summed E-state index contributed by atoms with van der Waals surface area (Å²) in [7, 11) is 0. The largest absolute Gasteiger partial charge is 0.573 e. The van der Waals surface area contributed by atoms with Crippen molar-refractivity contribution in [2.75, 3.05) is 5.75 Å². The summed E-state index contributed by atoms with van der Waals surface area (Å²) in [5, 5.41) is 4.01. The van der Waals surface area contributed by atoms with E-state index in [2.05, 4.69) is 15.0 Å². The van der Waals surface area contributed by atoms with Crippen LogP contribution in [-0.4, -0.2) is 33.6 Å². The van der Waals surface area contributed by atoms with Gasteiger partial charge in [-0.15, -0.1) is 13.2 Å². The zero-order valence-corrected chi connectivity index (χ0v) is 19.2. The van der Waals surface area contributed by atoms with Crippen LogP contribution in [0.2, 0.25) is 10.0 Å². The summed E-state index contributed by atoms with van der Waals surface area (Å²) in [5.41, 5.74) is 1.85. The molecule has 0 radical (unpaired) electrons. The zero-order valence-electron chi connectivity index (χ0n) is 16.9. The SMILES string of the molecule is CC(C)NC(=O)CSc1ncc(-c2ccc(Cl)c(Cl)c2)n1-c1ccc(OC(F)(F)F)cc1. The fourth-order valence-corrected chi connectivity index (χ4v) is 3.94. The monoisotopic (exact) mass is 503 g/mol. The number of nitrogens with zero attached hydrogens (tertiary/aromatic N) is 2. The number of carbonyl (C=O) groups is 1. The Bertz CT molecular complexity index is 1100. The average Bonchev–Trinajstić information content (AvgIpc) is 3.11. The number of imidazole rings is 1. The smallest absolute Gasteiger partial charge is 0.406 e. The number of benzene rings is 2. The first-order valence-electron chi connectivity index (χ1n) is 9.35. The Hall–Kier alpha value is -2.36. The maximum Gasteiger partial charge on any atom is 0.573 e. The van der Waals surface area contributed by atoms with Crippen molar-refractivity contribution < 1.29 is 22.7 Å². The van der Waals surface area contributed by atoms with E-state index in [1.807, 2.05) is 13.8 Å². The van der Waals surface area contributed by atoms with Gasteiger partial charge in [0.1, 0.15) is 5.75 Å². The van der Waals surface area contributed by atoms with Crippen molar-refractivity contribution >= 4 is 40.9 Å². The summed E-state index contributed by atoms with van der Waals surface area (Å²) < 4.78 is 43.2. The Balaban J connectivity index is 1.99. The molecule has 0 saturated heterocycles. The van der Waals surface area contributed by atoms with Crippen LogP contribution in [-0.2, 0) is 4.79 Å². The summed E-state index contributed by atoms with van der Waals surface area (Å²) in [4.78, 5) is 16.5. The van der Waals surface area contributed by atoms with Crippen LogP contribution in [0.5, 0.6) is 5.75 Å². The van der Waals surface area contributed by atoms with Crippen LogP contribution in [0.15, 0.2) is 53.8 Å². The Kier molecular flexibility index (Phi) is 7.63. The number of halogens is 5. The fraction of sp³-hybridized carbons (Fsp3) is 0.238. The molecule has 0 atom stereocenters. The van der Waals surface area contributed by atoms with Crippen molar-refractivity contribution in [3.63, 3.8) is 0 Å². The van der Waals surface area contributed by atoms with E-state index in [1.54, 1.807) is 29.0 Å². The molecule has 2 aromatic carbocycles. The van der Waals surface area contributed by atoms with E-state index in [0.29, 0.717) is 32.1 Å². The molecule has 5 nitrogen and oxygen atoms in total. The van der Waals surface area contributed by atoms with Crippen LogP contribution in [0.25, 0.3) is 16.9 Å². The van der Waals surface area contributed by atoms with Gasteiger partial charge in [0.15, 0.2) is 5.16 Å². The molecular formula is C21H18Cl2F3N3O2S. The number of ether oxygens (including phenoxy) is 1. The number of hydrogen-bond donors (Lipinski definition) is 1. The van der Waals surface area contributed by atoms with E-state index in [9.17, 15) is 18.0 Å². The lowest BCUT2D eigenvalue weighted by Gasteiger charge is -2.14. The molecule has 170 valence electrons. The standard InChI is InChI=1S/C21H18Cl2F3N3O2S/c1-12(2)28-19(30)11-32-20-27-10-18(13-3-8-16(22)17(23)9-13)29(20)14-4-6-15(7-5-14)31-21(24,25)26/h3-10,12H,11H2,1-2H3,(H,28,30). The van der Waals surface area contributed by atoms with Crippen molar-refractivity contribution in [3.8, 4) is 22.7 Å². The Morgan fingerprint density at radius 2 is 1.84 bits per heavy atom. The summed E-state index contributed by atoms with van der Waals surface area (Å²) in [6.45, 7) is 3.72. The van der Waals surface area contributed by atoms with E-state index >= 15 is 0 Å². The third-order valence-corrected chi connectivity index (χ3v) is 5.75. The molecule has 3 aromatic rings. The van der Waals surface area contributed by atoms with Gasteiger partial charge >= 0.3 is 6.36 Å². The summed E-state index contributed by atoms with van der Waals surface area (Å²) in [5.74, 6) is -0.391. The molecule has 0 bridgehead atoms. The van der Waals surface area contributed by atoms with Gasteiger partial charge in [0.2, 0.25) is 5.91 Å². The quantitative estimate of drug-likeness (QED) is 0.381. The van der Waals surface area contributed by atoms with Crippen LogP contribution >= 0.6 is 35.0 Å². The molecule has 0 saturated carbocycles. The first-order valence-corrected chi connectivity index (χ1v) is 11.1. The van der Waals surface area contributed by atoms with E-state index in [-0.39, 0.29) is 23.5 Å². The minimum absolute atomic E-state index is 0.00390. The lowest BCUT2D eigenvalue weighted by molar-refractivity contribution is -0.274. The lowest BCUT2D eigenvalue weighted by Crippen LogP contribution is -2.31. The van der Waals surface area contributed by atoms with Crippen molar-refractivity contribution in [1.29, 1.82) is 0 Å². The Morgan fingerprint density at radius 1 is 1.16 bits per heavy atom. The predicted octanol–water partition coefficient (Wildman–Crippen LogP) is 6.36. The fourth-order valence-electron chi connectivity index (χ4n) is 2.84. The van der Waals surface area contributed by atoms with Gasteiger partial charge in [0.25, 0.3) is 0 Å². The van der Waals surface area contributed by atoms with Gasteiger partial charge in [-0.25, -0.2) is 4.98 Å². The topological polar surface area (TPSA) is 56.2 Å². The number of hydrogen-bond acceptors (Lipinski definition) is 4. The molecule has 0 fully saturated rings. The van der Waals surface area contributed by atoms with E-state index < -0.39 is 6.36 Å². The molecule has 0 unspecified atom stereocenters. The number of amides is 1. The van der Waals surface area contributed by atoms with Crippen molar-refractivity contribution in [2.24, 2.45) is 0 Å². The van der Waals surface area contributed by atoms with Crippen LogP contribution < -0.4 is 10.1 Å². The second-order valence-corrected chi connectivity index (χ2v) is 8.70. The predicted molar refractivity (Wildman–Crippen MR) is 120 cm³/mol. The highest BCUT2D eigenvalue weighted by Crippen LogP contribution is 2.34. The van der Waals surface area contributed by atoms with Gasteiger partial charge in [-0.2, -0.15) is 0 Å². The van der Waals surface area contributed by atoms with Crippen molar-refractivity contribution in [2.45, 2.75) is 31.4 Å². The minimum Gasteiger partial charge on any atom is -0.406 e. The third kappa shape index (κ3) is 6.34. The minimum atomic E-state index is -4.79. The van der Waals surface area contributed by atoms with Crippen LogP contribution in [0, 0.1) is 0 Å². The molecule has 1 N–H and O–H groups in total. The highest BCUT2D eigenvalue weighted by atomic mass is 35.5. The highest BCUT2D eigenvalue weighted by Gasteiger charge is 2.31. The second kappa shape index (κ2) is 10.1. The Labute approximate surface area is 196 Å². The molecule has 1 aromatic heterocycles. The van der Waals surface area contributed by atoms with Gasteiger partial charge in [-0.1, -0.05) is 41.0 Å². The Morgan fingerprint density at radius 3 is 2.44 bits per heavy atom. The number of nitrogens with one attached hydrogen (secondary N) is 1. The second-order valence-electron chi connectivity index (χ2n) is 6.94. The van der Waals surface area contributed by atoms with Gasteiger partial charge < -0.3 is 10.1 Å². The van der Waals surface area contributed by atoms with Gasteiger partial charge in [0.05, 0.1) is 27.7 Å². The van der Waals surface area contributed by atoms with Crippen LogP contribution in [0.3, 0.4) is 0 Å². The average molecular weight is 504 g/mol. The number of thioether (sulfide) groups is 1. The first kappa shape index (κ1) is 24.3. The number of aromatic nitrogens is 2. The van der Waals surface area contributed by atoms with Gasteiger partial charge in [-0.3, -0.25) is 9.36 Å². The molecule has 0 aliphatic carbocycles. The zero-order chi connectivity index (χ0) is 23.5. The molecule has 11 heteroatoms. The van der Waals surface area contributed by atoms with E-state index in [0.717, 1.165) is 0 Å². The number of rotatable bonds is 7. The number of carbonyl (C=O) groups excluding carboxylic acids is 1. The molecule has 0 spiro atoms. The van der Waals surface area contributed by atoms with Crippen LogP contribution in [0.4, 0.5) is 13.2 Å². The summed E-state index contributed by atoms with van der Waals surface area (Å²) in [6.07, 6.45) is -3.19. The lowest BCUT2D eigenvalue weighted by atomic mass is 10.1. The maximum atomic E-state index is 12.5. The van der Waals surface area contributed by atoms with Crippen molar-refractivity contribution in [3.05, 3.63) is 58.7 Å². The molecule has 0 aliphatic heterocycles. The molecule has 1 amide bonds. The normalized spacial score (nSPS) is 11.6. The molecule has 1 heterocycles.